The number of rotatable bonds is 6. The Kier molecular flexibility index (Phi) is 5.01. The lowest BCUT2D eigenvalue weighted by Crippen LogP contribution is -2.25. The minimum Gasteiger partial charge on any atom is -0.492 e. The summed E-state index contributed by atoms with van der Waals surface area (Å²) >= 11 is 0. The standard InChI is InChI=1S/C18H24N2O2/c1-19-14-17(22-15-19)9-8-16-6-2-3-7-18(16)21-13-12-20-10-4-5-11-20/h2-3,6-9,14H,4-5,10-13,15H2,1H3. The molecule has 0 radical (unpaired) electrons. The zero-order valence-corrected chi connectivity index (χ0v) is 13.2. The summed E-state index contributed by atoms with van der Waals surface area (Å²) in [6.45, 7) is 4.80. The zero-order valence-electron chi connectivity index (χ0n) is 13.2. The Hall–Kier alpha value is -1.94. The van der Waals surface area contributed by atoms with Crippen molar-refractivity contribution in [2.24, 2.45) is 0 Å². The molecule has 2 aliphatic rings. The first-order chi connectivity index (χ1) is 10.8. The molecular weight excluding hydrogens is 276 g/mol. The summed E-state index contributed by atoms with van der Waals surface area (Å²) in [6, 6.07) is 8.14. The van der Waals surface area contributed by atoms with Crippen LogP contribution in [0.25, 0.3) is 6.08 Å². The van der Waals surface area contributed by atoms with Crippen molar-refractivity contribution < 1.29 is 9.47 Å². The molecule has 4 nitrogen and oxygen atoms in total. The predicted octanol–water partition coefficient (Wildman–Crippen LogP) is 2.94. The van der Waals surface area contributed by atoms with Crippen LogP contribution >= 0.6 is 0 Å². The number of likely N-dealkylation sites (tertiary alicyclic amines) is 1. The van der Waals surface area contributed by atoms with E-state index in [9.17, 15) is 0 Å². The molecule has 1 saturated heterocycles. The van der Waals surface area contributed by atoms with Crippen LogP contribution in [0, 0.1) is 0 Å². The fourth-order valence-corrected chi connectivity index (χ4v) is 2.77. The molecule has 0 atom stereocenters. The van der Waals surface area contributed by atoms with E-state index in [-0.39, 0.29) is 0 Å². The summed E-state index contributed by atoms with van der Waals surface area (Å²) in [5.74, 6) is 1.82. The van der Waals surface area contributed by atoms with Crippen LogP contribution in [0.2, 0.25) is 0 Å². The van der Waals surface area contributed by atoms with E-state index >= 15 is 0 Å². The van der Waals surface area contributed by atoms with Gasteiger partial charge in [0.15, 0.2) is 6.73 Å². The molecule has 4 heteroatoms. The van der Waals surface area contributed by atoms with Crippen molar-refractivity contribution in [2.45, 2.75) is 12.8 Å². The summed E-state index contributed by atoms with van der Waals surface area (Å²) < 4.78 is 11.5. The van der Waals surface area contributed by atoms with E-state index in [2.05, 4.69) is 17.0 Å². The lowest BCUT2D eigenvalue weighted by molar-refractivity contribution is 0.177. The molecule has 2 aliphatic heterocycles. The van der Waals surface area contributed by atoms with Crippen LogP contribution < -0.4 is 4.74 Å². The van der Waals surface area contributed by atoms with E-state index in [1.165, 1.54) is 25.9 Å². The molecule has 0 unspecified atom stereocenters. The molecule has 0 bridgehead atoms. The summed E-state index contributed by atoms with van der Waals surface area (Å²) in [4.78, 5) is 4.48. The topological polar surface area (TPSA) is 24.9 Å². The van der Waals surface area contributed by atoms with Gasteiger partial charge in [-0.1, -0.05) is 18.2 Å². The maximum atomic E-state index is 5.97. The molecule has 1 fully saturated rings. The SMILES string of the molecule is CN1C=C(C=Cc2ccccc2OCCN2CCCC2)OC1. The van der Waals surface area contributed by atoms with Crippen LogP contribution in [0.3, 0.4) is 0 Å². The molecule has 1 aromatic rings. The first-order valence-corrected chi connectivity index (χ1v) is 7.98. The van der Waals surface area contributed by atoms with E-state index in [0.717, 1.165) is 30.2 Å². The highest BCUT2D eigenvalue weighted by Gasteiger charge is 2.11. The van der Waals surface area contributed by atoms with Gasteiger partial charge >= 0.3 is 0 Å². The first kappa shape index (κ1) is 15.0. The van der Waals surface area contributed by atoms with Crippen molar-refractivity contribution in [3.63, 3.8) is 0 Å². The van der Waals surface area contributed by atoms with Crippen molar-refractivity contribution in [1.82, 2.24) is 9.80 Å². The third kappa shape index (κ3) is 4.04. The lowest BCUT2D eigenvalue weighted by atomic mass is 10.2. The quantitative estimate of drug-likeness (QED) is 0.806. The highest BCUT2D eigenvalue weighted by molar-refractivity contribution is 5.59. The molecule has 0 aromatic heterocycles. The summed E-state index contributed by atoms with van der Waals surface area (Å²) in [5.41, 5.74) is 1.09. The molecular formula is C18H24N2O2. The van der Waals surface area contributed by atoms with E-state index in [4.69, 9.17) is 9.47 Å². The van der Waals surface area contributed by atoms with Gasteiger partial charge < -0.3 is 14.4 Å². The van der Waals surface area contributed by atoms with Crippen molar-refractivity contribution in [1.29, 1.82) is 0 Å². The number of para-hydroxylation sites is 1. The second-order valence-electron chi connectivity index (χ2n) is 5.83. The fourth-order valence-electron chi connectivity index (χ4n) is 2.77. The first-order valence-electron chi connectivity index (χ1n) is 7.98. The smallest absolute Gasteiger partial charge is 0.161 e. The Bertz CT molecular complexity index is 548. The van der Waals surface area contributed by atoms with Crippen molar-refractivity contribution in [3.05, 3.63) is 47.9 Å². The number of ether oxygens (including phenoxy) is 2. The van der Waals surface area contributed by atoms with E-state index in [1.54, 1.807) is 0 Å². The maximum Gasteiger partial charge on any atom is 0.161 e. The monoisotopic (exact) mass is 300 g/mol. The molecule has 0 N–H and O–H groups in total. The van der Waals surface area contributed by atoms with Gasteiger partial charge in [0.25, 0.3) is 0 Å². The molecule has 22 heavy (non-hydrogen) atoms. The molecule has 0 aliphatic carbocycles. The van der Waals surface area contributed by atoms with Crippen molar-refractivity contribution in [2.75, 3.05) is 40.0 Å². The van der Waals surface area contributed by atoms with Gasteiger partial charge in [0, 0.05) is 25.4 Å². The Morgan fingerprint density at radius 1 is 1.18 bits per heavy atom. The molecule has 1 aromatic carbocycles. The van der Waals surface area contributed by atoms with Crippen LogP contribution in [-0.4, -0.2) is 49.8 Å². The second kappa shape index (κ2) is 7.36. The average molecular weight is 300 g/mol. The number of nitrogens with zero attached hydrogens (tertiary/aromatic N) is 2. The van der Waals surface area contributed by atoms with Crippen molar-refractivity contribution >= 4 is 6.08 Å². The van der Waals surface area contributed by atoms with Gasteiger partial charge in [0.2, 0.25) is 0 Å². The molecule has 118 valence electrons. The average Bonchev–Trinajstić information content (AvgIpc) is 3.18. The summed E-state index contributed by atoms with van der Waals surface area (Å²) in [6.07, 6.45) is 8.68. The number of hydrogen-bond donors (Lipinski definition) is 0. The van der Waals surface area contributed by atoms with Gasteiger partial charge in [-0.15, -0.1) is 0 Å². The fraction of sp³-hybridized carbons (Fsp3) is 0.444. The van der Waals surface area contributed by atoms with Gasteiger partial charge in [-0.3, -0.25) is 4.90 Å². The van der Waals surface area contributed by atoms with Crippen LogP contribution in [0.1, 0.15) is 18.4 Å². The van der Waals surface area contributed by atoms with Gasteiger partial charge in [0.05, 0.1) is 0 Å². The van der Waals surface area contributed by atoms with Crippen LogP contribution in [-0.2, 0) is 4.74 Å². The summed E-state index contributed by atoms with van der Waals surface area (Å²) in [5, 5.41) is 0. The summed E-state index contributed by atoms with van der Waals surface area (Å²) in [7, 11) is 2.00. The number of allylic oxidation sites excluding steroid dienone is 1. The van der Waals surface area contributed by atoms with Crippen LogP contribution in [0.5, 0.6) is 5.75 Å². The Labute approximate surface area is 132 Å². The third-order valence-electron chi connectivity index (χ3n) is 3.99. The highest BCUT2D eigenvalue weighted by atomic mass is 16.5. The van der Waals surface area contributed by atoms with E-state index in [1.807, 2.05) is 42.4 Å². The van der Waals surface area contributed by atoms with Gasteiger partial charge in [-0.05, 0) is 44.1 Å². The molecule has 0 spiro atoms. The van der Waals surface area contributed by atoms with Crippen molar-refractivity contribution in [3.8, 4) is 5.75 Å². The normalized spacial score (nSPS) is 18.8. The molecule has 0 saturated carbocycles. The Morgan fingerprint density at radius 2 is 2.00 bits per heavy atom. The zero-order chi connectivity index (χ0) is 15.2. The Morgan fingerprint density at radius 3 is 2.77 bits per heavy atom. The van der Waals surface area contributed by atoms with E-state index < -0.39 is 0 Å². The highest BCUT2D eigenvalue weighted by Crippen LogP contribution is 2.21. The van der Waals surface area contributed by atoms with E-state index in [0.29, 0.717) is 6.73 Å². The third-order valence-corrected chi connectivity index (χ3v) is 3.99. The minimum atomic E-state index is 0.619. The largest absolute Gasteiger partial charge is 0.492 e. The van der Waals surface area contributed by atoms with Gasteiger partial charge in [0.1, 0.15) is 18.1 Å². The van der Waals surface area contributed by atoms with Gasteiger partial charge in [-0.25, -0.2) is 0 Å². The Balaban J connectivity index is 1.57. The molecule has 2 heterocycles. The molecule has 3 rings (SSSR count). The van der Waals surface area contributed by atoms with Gasteiger partial charge in [-0.2, -0.15) is 0 Å². The number of benzene rings is 1. The van der Waals surface area contributed by atoms with Crippen LogP contribution in [0.15, 0.2) is 42.3 Å². The second-order valence-corrected chi connectivity index (χ2v) is 5.83. The minimum absolute atomic E-state index is 0.619. The number of hydrogen-bond acceptors (Lipinski definition) is 4. The molecule has 0 amide bonds. The van der Waals surface area contributed by atoms with Crippen LogP contribution in [0.4, 0.5) is 0 Å². The maximum absolute atomic E-state index is 5.97. The lowest BCUT2D eigenvalue weighted by Gasteiger charge is -2.15. The predicted molar refractivity (Wildman–Crippen MR) is 88.4 cm³/mol.